The second-order valence-corrected chi connectivity index (χ2v) is 12.7. The zero-order valence-electron chi connectivity index (χ0n) is 23.7. The van der Waals surface area contributed by atoms with Crippen LogP contribution < -0.4 is 0 Å². The van der Waals surface area contributed by atoms with Crippen LogP contribution in [-0.4, -0.2) is 0 Å². The fourth-order valence-electron chi connectivity index (χ4n) is 7.25. The van der Waals surface area contributed by atoms with Crippen molar-refractivity contribution >= 4 is 66.0 Å². The third-order valence-electron chi connectivity index (χ3n) is 9.24. The highest BCUT2D eigenvalue weighted by molar-refractivity contribution is 7.99. The molecule has 0 atom stereocenters. The quantitative estimate of drug-likeness (QED) is 0.203. The fourth-order valence-corrected chi connectivity index (χ4v) is 8.38. The maximum Gasteiger partial charge on any atom is 0.136 e. The van der Waals surface area contributed by atoms with Crippen LogP contribution in [0.15, 0.2) is 160 Å². The smallest absolute Gasteiger partial charge is 0.136 e. The molecule has 2 heteroatoms. The highest BCUT2D eigenvalue weighted by atomic mass is 32.2. The van der Waals surface area contributed by atoms with Crippen molar-refractivity contribution in [3.63, 3.8) is 0 Å². The Morgan fingerprint density at radius 3 is 1.91 bits per heavy atom. The molecular weight excluding hydrogens is 553 g/mol. The average Bonchev–Trinajstić information content (AvgIpc) is 3.44. The minimum Gasteiger partial charge on any atom is -0.456 e. The van der Waals surface area contributed by atoms with E-state index in [0.717, 1.165) is 16.6 Å². The van der Waals surface area contributed by atoms with E-state index in [1.807, 2.05) is 11.8 Å². The first kappa shape index (κ1) is 24.2. The first-order chi connectivity index (χ1) is 21.8. The van der Waals surface area contributed by atoms with Crippen LogP contribution in [0.4, 0.5) is 0 Å². The van der Waals surface area contributed by atoms with Crippen LogP contribution in [0.5, 0.6) is 0 Å². The van der Waals surface area contributed by atoms with Crippen molar-refractivity contribution in [3.8, 4) is 33.4 Å². The third kappa shape index (κ3) is 3.43. The summed E-state index contributed by atoms with van der Waals surface area (Å²) in [5, 5.41) is 9.90. The summed E-state index contributed by atoms with van der Waals surface area (Å²) >= 11 is 1.88. The Hall–Kier alpha value is -5.31. The van der Waals surface area contributed by atoms with Crippen LogP contribution in [-0.2, 0) is 0 Å². The molecule has 0 unspecified atom stereocenters. The summed E-state index contributed by atoms with van der Waals surface area (Å²) in [7, 11) is 0. The van der Waals surface area contributed by atoms with E-state index in [2.05, 4.69) is 146 Å². The van der Waals surface area contributed by atoms with E-state index >= 15 is 0 Å². The molecule has 1 nitrogen and oxygen atoms in total. The highest BCUT2D eigenvalue weighted by Gasteiger charge is 2.21. The van der Waals surface area contributed by atoms with Gasteiger partial charge >= 0.3 is 0 Å². The lowest BCUT2D eigenvalue weighted by Gasteiger charge is -2.21. The molecule has 0 N–H and O–H groups in total. The van der Waals surface area contributed by atoms with Gasteiger partial charge in [0.1, 0.15) is 11.2 Å². The number of fused-ring (bicyclic) bond motifs is 7. The lowest BCUT2D eigenvalue weighted by Crippen LogP contribution is -1.94. The Labute approximate surface area is 258 Å². The first-order valence-corrected chi connectivity index (χ1v) is 15.8. The second-order valence-electron chi connectivity index (χ2n) is 11.7. The van der Waals surface area contributed by atoms with Crippen LogP contribution in [0.2, 0.25) is 0 Å². The van der Waals surface area contributed by atoms with Gasteiger partial charge in [0.25, 0.3) is 0 Å². The Morgan fingerprint density at radius 2 is 1.05 bits per heavy atom. The molecule has 0 saturated heterocycles. The molecule has 204 valence electrons. The summed E-state index contributed by atoms with van der Waals surface area (Å²) in [4.78, 5) is 2.65. The maximum absolute atomic E-state index is 6.43. The molecule has 0 amide bonds. The summed E-state index contributed by atoms with van der Waals surface area (Å²) in [6.07, 6.45) is 0. The molecule has 0 aliphatic carbocycles. The van der Waals surface area contributed by atoms with Gasteiger partial charge in [0, 0.05) is 25.9 Å². The molecule has 1 aliphatic rings. The van der Waals surface area contributed by atoms with E-state index in [9.17, 15) is 0 Å². The summed E-state index contributed by atoms with van der Waals surface area (Å²) in [5.41, 5.74) is 9.38. The van der Waals surface area contributed by atoms with Gasteiger partial charge in [0.15, 0.2) is 0 Å². The van der Waals surface area contributed by atoms with Gasteiger partial charge in [0.05, 0.1) is 0 Å². The van der Waals surface area contributed by atoms with E-state index in [1.54, 1.807) is 0 Å². The van der Waals surface area contributed by atoms with E-state index in [-0.39, 0.29) is 0 Å². The Kier molecular flexibility index (Phi) is 5.00. The number of rotatable bonds is 2. The molecule has 0 radical (unpaired) electrons. The molecular formula is C42H24OS. The molecule has 9 aromatic rings. The van der Waals surface area contributed by atoms with Crippen molar-refractivity contribution in [1.82, 2.24) is 0 Å². The number of furan rings is 1. The van der Waals surface area contributed by atoms with Gasteiger partial charge in [0.2, 0.25) is 0 Å². The molecule has 1 aromatic heterocycles. The van der Waals surface area contributed by atoms with Gasteiger partial charge in [-0.15, -0.1) is 0 Å². The predicted molar refractivity (Wildman–Crippen MR) is 187 cm³/mol. The van der Waals surface area contributed by atoms with Crippen LogP contribution in [0.25, 0.3) is 87.6 Å². The normalized spacial score (nSPS) is 12.5. The lowest BCUT2D eigenvalue weighted by atomic mass is 9.89. The maximum atomic E-state index is 6.43. The average molecular weight is 577 g/mol. The third-order valence-corrected chi connectivity index (χ3v) is 10.4. The molecule has 8 aromatic carbocycles. The van der Waals surface area contributed by atoms with E-state index in [4.69, 9.17) is 4.42 Å². The van der Waals surface area contributed by atoms with Gasteiger partial charge in [-0.25, -0.2) is 0 Å². The van der Waals surface area contributed by atoms with Crippen molar-refractivity contribution in [2.45, 2.75) is 9.79 Å². The van der Waals surface area contributed by atoms with Gasteiger partial charge in [-0.05, 0) is 96.7 Å². The molecule has 10 rings (SSSR count). The fraction of sp³-hybridized carbons (Fsp3) is 0. The van der Waals surface area contributed by atoms with Crippen LogP contribution >= 0.6 is 11.8 Å². The zero-order valence-corrected chi connectivity index (χ0v) is 24.5. The first-order valence-electron chi connectivity index (χ1n) is 15.0. The summed E-state index contributed by atoms with van der Waals surface area (Å²) < 4.78 is 6.43. The standard InChI is InChI=1S/C42H24OS/c1-2-9-27-24-38-36(22-26(27)8-1)42-33(15-7-16-37(42)43-38)32-20-19-29(30-12-3-4-13-31(30)32)28-18-21-39-35(23-28)34-14-5-10-25-11-6-17-40(44-39)41(25)34/h1-24H. The van der Waals surface area contributed by atoms with Crippen LogP contribution in [0.3, 0.4) is 0 Å². The SMILES string of the molecule is c1ccc2cc3c(cc2c1)oc1cccc(-c2ccc(-c4ccc5c(c4)-c4cccc6cccc(c46)S5)c4ccccc24)c13. The van der Waals surface area contributed by atoms with E-state index in [0.29, 0.717) is 0 Å². The Balaban J connectivity index is 1.19. The molecule has 0 fully saturated rings. The monoisotopic (exact) mass is 576 g/mol. The zero-order chi connectivity index (χ0) is 28.8. The molecule has 0 spiro atoms. The van der Waals surface area contributed by atoms with Crippen molar-refractivity contribution in [2.75, 3.05) is 0 Å². The topological polar surface area (TPSA) is 13.1 Å². The van der Waals surface area contributed by atoms with Crippen molar-refractivity contribution in [2.24, 2.45) is 0 Å². The molecule has 44 heavy (non-hydrogen) atoms. The summed E-state index contributed by atoms with van der Waals surface area (Å²) in [6, 6.07) is 53.1. The number of benzene rings is 8. The summed E-state index contributed by atoms with van der Waals surface area (Å²) in [6.45, 7) is 0. The highest BCUT2D eigenvalue weighted by Crippen LogP contribution is 2.49. The predicted octanol–water partition coefficient (Wildman–Crippen LogP) is 12.5. The molecule has 2 heterocycles. The van der Waals surface area contributed by atoms with Gasteiger partial charge in [-0.1, -0.05) is 121 Å². The largest absolute Gasteiger partial charge is 0.456 e. The number of hydrogen-bond donors (Lipinski definition) is 0. The molecule has 0 bridgehead atoms. The Morgan fingerprint density at radius 1 is 0.364 bits per heavy atom. The van der Waals surface area contributed by atoms with E-state index < -0.39 is 0 Å². The summed E-state index contributed by atoms with van der Waals surface area (Å²) in [5.74, 6) is 0. The van der Waals surface area contributed by atoms with Crippen molar-refractivity contribution in [1.29, 1.82) is 0 Å². The van der Waals surface area contributed by atoms with E-state index in [1.165, 1.54) is 80.9 Å². The van der Waals surface area contributed by atoms with Crippen LogP contribution in [0.1, 0.15) is 0 Å². The van der Waals surface area contributed by atoms with Crippen LogP contribution in [0, 0.1) is 0 Å². The van der Waals surface area contributed by atoms with Gasteiger partial charge in [-0.2, -0.15) is 0 Å². The molecule has 1 aliphatic heterocycles. The minimum atomic E-state index is 0.919. The Bertz CT molecular complexity index is 2640. The second kappa shape index (κ2) is 9.09. The minimum absolute atomic E-state index is 0.919. The van der Waals surface area contributed by atoms with Gasteiger partial charge < -0.3 is 4.42 Å². The lowest BCUT2D eigenvalue weighted by molar-refractivity contribution is 0.669. The van der Waals surface area contributed by atoms with Gasteiger partial charge in [-0.3, -0.25) is 0 Å². The number of hydrogen-bond acceptors (Lipinski definition) is 2. The van der Waals surface area contributed by atoms with Crippen molar-refractivity contribution in [3.05, 3.63) is 146 Å². The van der Waals surface area contributed by atoms with Crippen molar-refractivity contribution < 1.29 is 4.42 Å². The molecule has 0 saturated carbocycles.